The van der Waals surface area contributed by atoms with Crippen molar-refractivity contribution in [2.45, 2.75) is 25.9 Å². The molecule has 2 aromatic heterocycles. The highest BCUT2D eigenvalue weighted by atomic mass is 32.1. The van der Waals surface area contributed by atoms with E-state index in [0.717, 1.165) is 35.6 Å². The predicted molar refractivity (Wildman–Crippen MR) is 88.2 cm³/mol. The molecule has 0 radical (unpaired) electrons. The van der Waals surface area contributed by atoms with Crippen LogP contribution in [0.2, 0.25) is 0 Å². The van der Waals surface area contributed by atoms with Crippen LogP contribution in [0, 0.1) is 6.92 Å². The number of aromatic nitrogens is 2. The lowest BCUT2D eigenvalue weighted by Crippen LogP contribution is -2.42. The van der Waals surface area contributed by atoms with Crippen molar-refractivity contribution in [2.75, 3.05) is 27.2 Å². The summed E-state index contributed by atoms with van der Waals surface area (Å²) in [5, 5.41) is 6.44. The summed E-state index contributed by atoms with van der Waals surface area (Å²) in [4.78, 5) is 17.8. The molecule has 0 aliphatic carbocycles. The molecule has 1 amide bonds. The average molecular weight is 318 g/mol. The van der Waals surface area contributed by atoms with Gasteiger partial charge in [-0.25, -0.2) is 0 Å². The van der Waals surface area contributed by atoms with Gasteiger partial charge in [-0.2, -0.15) is 5.10 Å². The van der Waals surface area contributed by atoms with E-state index in [2.05, 4.69) is 28.8 Å². The Hall–Kier alpha value is -1.66. The van der Waals surface area contributed by atoms with Gasteiger partial charge in [0.1, 0.15) is 0 Å². The van der Waals surface area contributed by atoms with Gasteiger partial charge >= 0.3 is 0 Å². The summed E-state index contributed by atoms with van der Waals surface area (Å²) in [6, 6.07) is 4.28. The van der Waals surface area contributed by atoms with Crippen LogP contribution >= 0.6 is 11.3 Å². The van der Waals surface area contributed by atoms with Crippen LogP contribution in [0.4, 0.5) is 0 Å². The second-order valence-electron chi connectivity index (χ2n) is 6.13. The third kappa shape index (κ3) is 2.94. The lowest BCUT2D eigenvalue weighted by Gasteiger charge is -2.34. The molecule has 0 bridgehead atoms. The van der Waals surface area contributed by atoms with E-state index in [1.807, 2.05) is 35.5 Å². The van der Waals surface area contributed by atoms with E-state index < -0.39 is 0 Å². The van der Waals surface area contributed by atoms with Gasteiger partial charge in [-0.1, -0.05) is 0 Å². The zero-order valence-electron chi connectivity index (χ0n) is 13.3. The number of rotatable bonds is 4. The summed E-state index contributed by atoms with van der Waals surface area (Å²) < 4.78 is 2.09. The number of fused-ring (bicyclic) bond motifs is 1. The molecule has 0 aromatic carbocycles. The first-order chi connectivity index (χ1) is 10.6. The van der Waals surface area contributed by atoms with E-state index in [0.29, 0.717) is 6.54 Å². The quantitative estimate of drug-likeness (QED) is 0.869. The first-order valence-corrected chi connectivity index (χ1v) is 8.44. The van der Waals surface area contributed by atoms with Crippen molar-refractivity contribution in [3.63, 3.8) is 0 Å². The van der Waals surface area contributed by atoms with Gasteiger partial charge in [-0.15, -0.1) is 11.3 Å². The lowest BCUT2D eigenvalue weighted by molar-refractivity contribution is 0.0664. The normalized spacial score (nSPS) is 17.8. The van der Waals surface area contributed by atoms with Crippen LogP contribution in [0.15, 0.2) is 23.7 Å². The summed E-state index contributed by atoms with van der Waals surface area (Å²) in [6.45, 7) is 4.37. The number of nitrogens with zero attached hydrogens (tertiary/aromatic N) is 4. The molecule has 6 heteroatoms. The Labute approximate surface area is 135 Å². The first kappa shape index (κ1) is 15.2. The van der Waals surface area contributed by atoms with Gasteiger partial charge in [-0.3, -0.25) is 9.48 Å². The average Bonchev–Trinajstić information content (AvgIpc) is 3.12. The topological polar surface area (TPSA) is 41.4 Å². The van der Waals surface area contributed by atoms with E-state index in [-0.39, 0.29) is 11.9 Å². The highest BCUT2D eigenvalue weighted by Crippen LogP contribution is 2.26. The van der Waals surface area contributed by atoms with Crippen LogP contribution < -0.4 is 0 Å². The van der Waals surface area contributed by atoms with Crippen LogP contribution in [0.1, 0.15) is 33.4 Å². The van der Waals surface area contributed by atoms with E-state index >= 15 is 0 Å². The predicted octanol–water partition coefficient (Wildman–Crippen LogP) is 2.40. The molecule has 1 aliphatic heterocycles. The molecule has 5 nitrogen and oxygen atoms in total. The van der Waals surface area contributed by atoms with Gasteiger partial charge in [0.15, 0.2) is 0 Å². The fraction of sp³-hybridized carbons (Fsp3) is 0.500. The van der Waals surface area contributed by atoms with Crippen molar-refractivity contribution in [3.05, 3.63) is 39.8 Å². The Balaban J connectivity index is 1.80. The van der Waals surface area contributed by atoms with Crippen LogP contribution in [-0.4, -0.2) is 52.7 Å². The maximum atomic E-state index is 12.8. The summed E-state index contributed by atoms with van der Waals surface area (Å²) >= 11 is 1.53. The van der Waals surface area contributed by atoms with E-state index in [4.69, 9.17) is 0 Å². The largest absolute Gasteiger partial charge is 0.330 e. The summed E-state index contributed by atoms with van der Waals surface area (Å²) in [5.74, 6) is 0.148. The molecule has 0 fully saturated rings. The molecule has 2 aromatic rings. The molecule has 0 spiro atoms. The summed E-state index contributed by atoms with van der Waals surface area (Å²) in [7, 11) is 4.15. The zero-order chi connectivity index (χ0) is 15.7. The Morgan fingerprint density at radius 1 is 1.45 bits per heavy atom. The van der Waals surface area contributed by atoms with Crippen molar-refractivity contribution in [3.8, 4) is 0 Å². The van der Waals surface area contributed by atoms with Crippen LogP contribution in [0.5, 0.6) is 0 Å². The standard InChI is InChI=1S/C16H22N4OS/c1-12-6-9-22-15(12)16(21)19-10-13-4-7-17-20(13)14(11-19)5-8-18(2)3/h4,6-7,9,14H,5,8,10-11H2,1-3H3/t14-/m1/s1. The monoisotopic (exact) mass is 318 g/mol. The van der Waals surface area contributed by atoms with Crippen LogP contribution in [-0.2, 0) is 6.54 Å². The molecule has 0 N–H and O–H groups in total. The second kappa shape index (κ2) is 6.22. The molecule has 0 saturated carbocycles. The fourth-order valence-corrected chi connectivity index (χ4v) is 3.79. The van der Waals surface area contributed by atoms with E-state index in [1.54, 1.807) is 0 Å². The first-order valence-electron chi connectivity index (χ1n) is 7.56. The van der Waals surface area contributed by atoms with Crippen molar-refractivity contribution in [1.29, 1.82) is 0 Å². The Kier molecular flexibility index (Phi) is 4.31. The number of carbonyl (C=O) groups excluding carboxylic acids is 1. The van der Waals surface area contributed by atoms with Gasteiger partial charge in [0.25, 0.3) is 5.91 Å². The minimum Gasteiger partial charge on any atom is -0.330 e. The third-order valence-corrected chi connectivity index (χ3v) is 5.14. The molecule has 0 saturated heterocycles. The van der Waals surface area contributed by atoms with E-state index in [9.17, 15) is 4.79 Å². The molecule has 1 atom stereocenters. The molecular formula is C16H22N4OS. The highest BCUT2D eigenvalue weighted by molar-refractivity contribution is 7.12. The van der Waals surface area contributed by atoms with Crippen LogP contribution in [0.25, 0.3) is 0 Å². The van der Waals surface area contributed by atoms with Gasteiger partial charge in [0.2, 0.25) is 0 Å². The number of carbonyl (C=O) groups is 1. The number of hydrogen-bond donors (Lipinski definition) is 0. The molecule has 1 aliphatic rings. The van der Waals surface area contributed by atoms with Crippen molar-refractivity contribution in [1.82, 2.24) is 19.6 Å². The third-order valence-electron chi connectivity index (χ3n) is 4.14. The molecular weight excluding hydrogens is 296 g/mol. The minimum atomic E-state index is 0.148. The van der Waals surface area contributed by atoms with Crippen molar-refractivity contribution in [2.24, 2.45) is 0 Å². The summed E-state index contributed by atoms with van der Waals surface area (Å²) in [6.07, 6.45) is 2.83. The fourth-order valence-electron chi connectivity index (χ4n) is 2.90. The van der Waals surface area contributed by atoms with Gasteiger partial charge in [0.05, 0.1) is 23.2 Å². The number of aryl methyl sites for hydroxylation is 1. The molecule has 3 rings (SSSR count). The zero-order valence-corrected chi connectivity index (χ0v) is 14.1. The number of amides is 1. The van der Waals surface area contributed by atoms with Crippen LogP contribution in [0.3, 0.4) is 0 Å². The maximum absolute atomic E-state index is 12.8. The highest BCUT2D eigenvalue weighted by Gasteiger charge is 2.29. The summed E-state index contributed by atoms with van der Waals surface area (Å²) in [5.41, 5.74) is 2.19. The lowest BCUT2D eigenvalue weighted by atomic mass is 10.1. The van der Waals surface area contributed by atoms with Gasteiger partial charge in [-0.05, 0) is 57.1 Å². The Bertz CT molecular complexity index is 661. The SMILES string of the molecule is Cc1ccsc1C(=O)N1Cc2ccnn2[C@H](CCN(C)C)C1. The Morgan fingerprint density at radius 2 is 2.27 bits per heavy atom. The smallest absolute Gasteiger partial charge is 0.264 e. The molecule has 22 heavy (non-hydrogen) atoms. The van der Waals surface area contributed by atoms with Gasteiger partial charge < -0.3 is 9.80 Å². The molecule has 3 heterocycles. The molecule has 0 unspecified atom stereocenters. The van der Waals surface area contributed by atoms with Crippen molar-refractivity contribution >= 4 is 17.2 Å². The minimum absolute atomic E-state index is 0.148. The number of hydrogen-bond acceptors (Lipinski definition) is 4. The maximum Gasteiger partial charge on any atom is 0.264 e. The second-order valence-corrected chi connectivity index (χ2v) is 7.05. The Morgan fingerprint density at radius 3 is 2.95 bits per heavy atom. The van der Waals surface area contributed by atoms with E-state index in [1.165, 1.54) is 11.3 Å². The number of thiophene rings is 1. The van der Waals surface area contributed by atoms with Gasteiger partial charge in [0, 0.05) is 12.7 Å². The van der Waals surface area contributed by atoms with Crippen molar-refractivity contribution < 1.29 is 4.79 Å². The molecule has 118 valence electrons.